The van der Waals surface area contributed by atoms with Crippen molar-refractivity contribution in [1.82, 2.24) is 10.1 Å². The van der Waals surface area contributed by atoms with Crippen molar-refractivity contribution in [2.45, 2.75) is 6.54 Å². The highest BCUT2D eigenvalue weighted by atomic mass is 35.5. The molecule has 1 amide bonds. The van der Waals surface area contributed by atoms with E-state index in [4.69, 9.17) is 16.1 Å². The van der Waals surface area contributed by atoms with Crippen molar-refractivity contribution in [3.05, 3.63) is 64.1 Å². The predicted octanol–water partition coefficient (Wildman–Crippen LogP) is 4.33. The Bertz CT molecular complexity index is 783. The van der Waals surface area contributed by atoms with Gasteiger partial charge in [0.2, 0.25) is 0 Å². The molecular weight excluding hydrogens is 320 g/mol. The second-order valence-corrected chi connectivity index (χ2v) is 6.16. The quantitative estimate of drug-likeness (QED) is 0.714. The van der Waals surface area contributed by atoms with E-state index < -0.39 is 0 Å². The summed E-state index contributed by atoms with van der Waals surface area (Å²) in [6.07, 6.45) is 0. The number of thiophene rings is 1. The molecule has 0 saturated heterocycles. The van der Waals surface area contributed by atoms with Gasteiger partial charge in [-0.3, -0.25) is 4.79 Å². The van der Waals surface area contributed by atoms with Gasteiger partial charge in [0.25, 0.3) is 5.91 Å². The monoisotopic (exact) mass is 332 g/mol. The third kappa shape index (κ3) is 3.05. The smallest absolute Gasteiger partial charge is 0.276 e. The van der Waals surface area contributed by atoms with Crippen LogP contribution >= 0.6 is 22.9 Å². The average molecular weight is 333 g/mol. The second-order valence-electron chi connectivity index (χ2n) is 4.81. The lowest BCUT2D eigenvalue weighted by Crippen LogP contribution is -2.26. The molecule has 0 spiro atoms. The predicted molar refractivity (Wildman–Crippen MR) is 87.1 cm³/mol. The van der Waals surface area contributed by atoms with Crippen LogP contribution < -0.4 is 0 Å². The highest BCUT2D eigenvalue weighted by molar-refractivity contribution is 7.13. The number of nitrogens with zero attached hydrogens (tertiary/aromatic N) is 2. The topological polar surface area (TPSA) is 46.3 Å². The van der Waals surface area contributed by atoms with Crippen molar-refractivity contribution < 1.29 is 9.32 Å². The Kier molecular flexibility index (Phi) is 4.27. The van der Waals surface area contributed by atoms with Crippen LogP contribution in [-0.2, 0) is 6.54 Å². The van der Waals surface area contributed by atoms with E-state index in [1.54, 1.807) is 24.1 Å². The average Bonchev–Trinajstić information content (AvgIpc) is 3.19. The minimum Gasteiger partial charge on any atom is -0.355 e. The largest absolute Gasteiger partial charge is 0.355 e. The van der Waals surface area contributed by atoms with E-state index in [1.807, 2.05) is 35.7 Å². The fraction of sp³-hybridized carbons (Fsp3) is 0.125. The molecule has 3 rings (SSSR count). The van der Waals surface area contributed by atoms with Crippen molar-refractivity contribution in [2.24, 2.45) is 0 Å². The molecule has 1 aromatic carbocycles. The Morgan fingerprint density at radius 1 is 1.32 bits per heavy atom. The molecule has 0 unspecified atom stereocenters. The summed E-state index contributed by atoms with van der Waals surface area (Å²) in [7, 11) is 1.71. The third-order valence-corrected chi connectivity index (χ3v) is 4.46. The molecule has 0 N–H and O–H groups in total. The van der Waals surface area contributed by atoms with E-state index in [0.29, 0.717) is 17.3 Å². The van der Waals surface area contributed by atoms with Crippen molar-refractivity contribution in [3.8, 4) is 10.6 Å². The van der Waals surface area contributed by atoms with E-state index in [9.17, 15) is 4.79 Å². The van der Waals surface area contributed by atoms with E-state index in [-0.39, 0.29) is 11.6 Å². The van der Waals surface area contributed by atoms with Crippen LogP contribution in [0.1, 0.15) is 16.1 Å². The number of hydrogen-bond acceptors (Lipinski definition) is 4. The van der Waals surface area contributed by atoms with Gasteiger partial charge in [-0.05, 0) is 23.1 Å². The molecule has 2 aromatic heterocycles. The Balaban J connectivity index is 1.75. The Hall–Kier alpha value is -2.11. The first-order valence-electron chi connectivity index (χ1n) is 6.64. The molecule has 0 saturated carbocycles. The summed E-state index contributed by atoms with van der Waals surface area (Å²) in [6, 6.07) is 13.0. The fourth-order valence-corrected chi connectivity index (χ4v) is 2.93. The number of rotatable bonds is 4. The third-order valence-electron chi connectivity index (χ3n) is 3.21. The van der Waals surface area contributed by atoms with Gasteiger partial charge in [0.05, 0.1) is 4.88 Å². The number of halogens is 1. The molecule has 0 atom stereocenters. The second kappa shape index (κ2) is 6.34. The van der Waals surface area contributed by atoms with Crippen molar-refractivity contribution >= 4 is 28.8 Å². The molecule has 0 aliphatic carbocycles. The van der Waals surface area contributed by atoms with Gasteiger partial charge >= 0.3 is 0 Å². The lowest BCUT2D eigenvalue weighted by atomic mass is 10.2. The molecule has 22 heavy (non-hydrogen) atoms. The lowest BCUT2D eigenvalue weighted by Gasteiger charge is -2.16. The minimum absolute atomic E-state index is 0.202. The minimum atomic E-state index is -0.202. The van der Waals surface area contributed by atoms with E-state index in [2.05, 4.69) is 5.16 Å². The maximum atomic E-state index is 12.4. The first-order chi connectivity index (χ1) is 10.6. The Labute approximate surface area is 136 Å². The molecule has 0 bridgehead atoms. The normalized spacial score (nSPS) is 10.6. The molecule has 0 aliphatic rings. The SMILES string of the molecule is CN(Cc1ccccc1Cl)C(=O)c1cc(-c2cccs2)on1. The zero-order valence-electron chi connectivity index (χ0n) is 11.8. The highest BCUT2D eigenvalue weighted by Crippen LogP contribution is 2.25. The number of carbonyl (C=O) groups is 1. The molecule has 2 heterocycles. The van der Waals surface area contributed by atoms with Crippen LogP contribution in [0.4, 0.5) is 0 Å². The molecule has 3 aromatic rings. The number of benzene rings is 1. The summed E-state index contributed by atoms with van der Waals surface area (Å²) in [5, 5.41) is 6.45. The molecule has 4 nitrogen and oxygen atoms in total. The summed E-state index contributed by atoms with van der Waals surface area (Å²) >= 11 is 7.66. The molecule has 0 radical (unpaired) electrons. The number of aromatic nitrogens is 1. The van der Waals surface area contributed by atoms with Crippen molar-refractivity contribution in [1.29, 1.82) is 0 Å². The first kappa shape index (κ1) is 14.8. The zero-order valence-corrected chi connectivity index (χ0v) is 13.4. The van der Waals surface area contributed by atoms with Gasteiger partial charge in [0.1, 0.15) is 0 Å². The van der Waals surface area contributed by atoms with Gasteiger partial charge in [-0.25, -0.2) is 0 Å². The molecule has 0 fully saturated rings. The number of carbonyl (C=O) groups excluding carboxylic acids is 1. The van der Waals surface area contributed by atoms with Crippen LogP contribution in [-0.4, -0.2) is 23.0 Å². The van der Waals surface area contributed by atoms with Gasteiger partial charge in [-0.1, -0.05) is 41.0 Å². The van der Waals surface area contributed by atoms with Crippen LogP contribution in [0.25, 0.3) is 10.6 Å². The van der Waals surface area contributed by atoms with Crippen LogP contribution in [0.2, 0.25) is 5.02 Å². The number of hydrogen-bond donors (Lipinski definition) is 0. The van der Waals surface area contributed by atoms with Gasteiger partial charge < -0.3 is 9.42 Å². The molecule has 112 valence electrons. The molecule has 0 aliphatic heterocycles. The maximum Gasteiger partial charge on any atom is 0.276 e. The lowest BCUT2D eigenvalue weighted by molar-refractivity contribution is 0.0775. The van der Waals surface area contributed by atoms with Gasteiger partial charge in [0.15, 0.2) is 11.5 Å². The van der Waals surface area contributed by atoms with E-state index in [0.717, 1.165) is 10.4 Å². The van der Waals surface area contributed by atoms with Gasteiger partial charge in [-0.2, -0.15) is 0 Å². The summed E-state index contributed by atoms with van der Waals surface area (Å²) in [6.45, 7) is 0.416. The first-order valence-corrected chi connectivity index (χ1v) is 7.90. The summed E-state index contributed by atoms with van der Waals surface area (Å²) in [5.41, 5.74) is 1.18. The van der Waals surface area contributed by atoms with Crippen LogP contribution in [0.5, 0.6) is 0 Å². The van der Waals surface area contributed by atoms with E-state index in [1.165, 1.54) is 11.3 Å². The van der Waals surface area contributed by atoms with Crippen LogP contribution in [0, 0.1) is 0 Å². The van der Waals surface area contributed by atoms with Crippen molar-refractivity contribution in [2.75, 3.05) is 7.05 Å². The number of amides is 1. The maximum absolute atomic E-state index is 12.4. The zero-order chi connectivity index (χ0) is 15.5. The van der Waals surface area contributed by atoms with Crippen molar-refractivity contribution in [3.63, 3.8) is 0 Å². The van der Waals surface area contributed by atoms with Crippen LogP contribution in [0.15, 0.2) is 52.4 Å². The summed E-state index contributed by atoms with van der Waals surface area (Å²) in [5.74, 6) is 0.399. The van der Waals surface area contributed by atoms with E-state index >= 15 is 0 Å². The summed E-state index contributed by atoms with van der Waals surface area (Å²) in [4.78, 5) is 14.9. The highest BCUT2D eigenvalue weighted by Gasteiger charge is 2.18. The molecular formula is C16H13ClN2O2S. The Morgan fingerprint density at radius 3 is 2.86 bits per heavy atom. The van der Waals surface area contributed by atoms with Crippen LogP contribution in [0.3, 0.4) is 0 Å². The standard InChI is InChI=1S/C16H13ClN2O2S/c1-19(10-11-5-2-3-6-12(11)17)16(20)13-9-14(21-18-13)15-7-4-8-22-15/h2-9H,10H2,1H3. The molecule has 6 heteroatoms. The fourth-order valence-electron chi connectivity index (χ4n) is 2.06. The summed E-state index contributed by atoms with van der Waals surface area (Å²) < 4.78 is 5.24. The Morgan fingerprint density at radius 2 is 2.14 bits per heavy atom. The van der Waals surface area contributed by atoms with Gasteiger partial charge in [0, 0.05) is 24.7 Å². The van der Waals surface area contributed by atoms with Gasteiger partial charge in [-0.15, -0.1) is 11.3 Å².